The molecule has 1 heterocycles. The average molecular weight is 349 g/mol. The molecule has 0 radical (unpaired) electrons. The van der Waals surface area contributed by atoms with Crippen LogP contribution in [-0.4, -0.2) is 30.1 Å². The van der Waals surface area contributed by atoms with Crippen LogP contribution < -0.4 is 5.32 Å². The van der Waals surface area contributed by atoms with Crippen LogP contribution >= 0.6 is 0 Å². The molecule has 1 atom stereocenters. The first-order valence-corrected chi connectivity index (χ1v) is 8.74. The van der Waals surface area contributed by atoms with Gasteiger partial charge in [-0.2, -0.15) is 0 Å². The smallest absolute Gasteiger partial charge is 0.157 e. The number of quaternary nitrogens is 1. The van der Waals surface area contributed by atoms with Crippen LogP contribution in [0.4, 0.5) is 0 Å². The zero-order valence-corrected chi connectivity index (χ0v) is 14.3. The summed E-state index contributed by atoms with van der Waals surface area (Å²) >= 11 is 0. The summed E-state index contributed by atoms with van der Waals surface area (Å²) in [5.41, 5.74) is 5.28. The van der Waals surface area contributed by atoms with Crippen molar-refractivity contribution in [3.8, 4) is 11.1 Å². The predicted octanol–water partition coefficient (Wildman–Crippen LogP) is 2.15. The van der Waals surface area contributed by atoms with Crippen molar-refractivity contribution in [3.63, 3.8) is 0 Å². The fourth-order valence-corrected chi connectivity index (χ4v) is 3.19. The van der Waals surface area contributed by atoms with E-state index in [1.807, 2.05) is 53.8 Å². The van der Waals surface area contributed by atoms with Crippen LogP contribution in [0, 0.1) is 0 Å². The normalized spacial score (nSPS) is 13.2. The molecular formula is C21H21N2O3+. The minimum Gasteiger partial charge on any atom is -0.463 e. The number of furan rings is 1. The SMILES string of the molecule is O[C@@H](C[NH2+]Cc1ccco1)CON=C1c2ccccc2-c2ccccc21. The Kier molecular flexibility index (Phi) is 4.82. The maximum atomic E-state index is 10.1. The van der Waals surface area contributed by atoms with Gasteiger partial charge < -0.3 is 19.7 Å². The molecule has 0 saturated carbocycles. The van der Waals surface area contributed by atoms with Gasteiger partial charge in [0.2, 0.25) is 0 Å². The maximum Gasteiger partial charge on any atom is 0.157 e. The van der Waals surface area contributed by atoms with Gasteiger partial charge in [0, 0.05) is 11.1 Å². The van der Waals surface area contributed by atoms with Crippen LogP contribution in [0.25, 0.3) is 11.1 Å². The molecular weight excluding hydrogens is 328 g/mol. The summed E-state index contributed by atoms with van der Waals surface area (Å²) in [6.45, 7) is 1.38. The van der Waals surface area contributed by atoms with Crippen molar-refractivity contribution in [1.82, 2.24) is 0 Å². The molecule has 5 nitrogen and oxygen atoms in total. The molecule has 0 unspecified atom stereocenters. The van der Waals surface area contributed by atoms with Gasteiger partial charge in [-0.05, 0) is 23.3 Å². The molecule has 0 saturated heterocycles. The van der Waals surface area contributed by atoms with Crippen molar-refractivity contribution in [2.24, 2.45) is 5.16 Å². The third kappa shape index (κ3) is 3.40. The highest BCUT2D eigenvalue weighted by atomic mass is 16.6. The average Bonchev–Trinajstić information content (AvgIpc) is 3.29. The highest BCUT2D eigenvalue weighted by Gasteiger charge is 2.24. The first-order chi connectivity index (χ1) is 12.8. The highest BCUT2D eigenvalue weighted by Crippen LogP contribution is 2.36. The van der Waals surface area contributed by atoms with Crippen LogP contribution in [0.1, 0.15) is 16.9 Å². The van der Waals surface area contributed by atoms with E-state index in [1.165, 1.54) is 0 Å². The number of aliphatic hydroxyl groups excluding tert-OH is 1. The summed E-state index contributed by atoms with van der Waals surface area (Å²) in [6.07, 6.45) is 1.05. The second-order valence-corrected chi connectivity index (χ2v) is 6.29. The first kappa shape index (κ1) is 16.6. The largest absolute Gasteiger partial charge is 0.463 e. The number of benzene rings is 2. The van der Waals surface area contributed by atoms with E-state index in [4.69, 9.17) is 9.25 Å². The van der Waals surface area contributed by atoms with Gasteiger partial charge in [-0.3, -0.25) is 0 Å². The quantitative estimate of drug-likeness (QED) is 0.502. The molecule has 3 N–H and O–H groups in total. The Hall–Kier alpha value is -2.89. The Balaban J connectivity index is 1.38. The first-order valence-electron chi connectivity index (χ1n) is 8.74. The molecule has 1 aliphatic rings. The Labute approximate surface area is 151 Å². The molecule has 1 aliphatic carbocycles. The van der Waals surface area contributed by atoms with E-state index in [1.54, 1.807) is 6.26 Å². The second kappa shape index (κ2) is 7.56. The predicted molar refractivity (Wildman–Crippen MR) is 98.7 cm³/mol. The Morgan fingerprint density at radius 3 is 2.19 bits per heavy atom. The molecule has 0 spiro atoms. The van der Waals surface area contributed by atoms with Crippen LogP contribution in [0.2, 0.25) is 0 Å². The van der Waals surface area contributed by atoms with E-state index >= 15 is 0 Å². The van der Waals surface area contributed by atoms with Crippen molar-refractivity contribution in [2.75, 3.05) is 13.2 Å². The van der Waals surface area contributed by atoms with Gasteiger partial charge in [0.25, 0.3) is 0 Å². The number of rotatable bonds is 7. The van der Waals surface area contributed by atoms with Gasteiger partial charge in [0.1, 0.15) is 31.5 Å². The third-order valence-corrected chi connectivity index (χ3v) is 4.44. The van der Waals surface area contributed by atoms with Crippen molar-refractivity contribution in [2.45, 2.75) is 12.6 Å². The monoisotopic (exact) mass is 349 g/mol. The van der Waals surface area contributed by atoms with Crippen LogP contribution in [-0.2, 0) is 11.4 Å². The zero-order chi connectivity index (χ0) is 17.8. The number of oxime groups is 1. The third-order valence-electron chi connectivity index (χ3n) is 4.44. The zero-order valence-electron chi connectivity index (χ0n) is 14.3. The summed E-state index contributed by atoms with van der Waals surface area (Å²) in [4.78, 5) is 5.48. The second-order valence-electron chi connectivity index (χ2n) is 6.29. The van der Waals surface area contributed by atoms with E-state index in [0.29, 0.717) is 13.1 Å². The van der Waals surface area contributed by atoms with Crippen LogP contribution in [0.5, 0.6) is 0 Å². The van der Waals surface area contributed by atoms with Gasteiger partial charge in [-0.1, -0.05) is 53.7 Å². The molecule has 0 fully saturated rings. The molecule has 5 heteroatoms. The lowest BCUT2D eigenvalue weighted by Crippen LogP contribution is -2.85. The number of fused-ring (bicyclic) bond motifs is 3. The summed E-state index contributed by atoms with van der Waals surface area (Å²) < 4.78 is 5.26. The van der Waals surface area contributed by atoms with E-state index in [0.717, 1.165) is 33.7 Å². The van der Waals surface area contributed by atoms with Crippen molar-refractivity contribution in [3.05, 3.63) is 83.8 Å². The number of hydrogen-bond donors (Lipinski definition) is 2. The Morgan fingerprint density at radius 1 is 0.923 bits per heavy atom. The van der Waals surface area contributed by atoms with Crippen molar-refractivity contribution in [1.29, 1.82) is 0 Å². The molecule has 0 amide bonds. The lowest BCUT2D eigenvalue weighted by atomic mass is 10.1. The lowest BCUT2D eigenvalue weighted by molar-refractivity contribution is -0.678. The van der Waals surface area contributed by atoms with Gasteiger partial charge in [-0.25, -0.2) is 0 Å². The van der Waals surface area contributed by atoms with Crippen LogP contribution in [0.15, 0.2) is 76.5 Å². The number of nitrogens with two attached hydrogens (primary N) is 1. The molecule has 1 aromatic heterocycles. The maximum absolute atomic E-state index is 10.1. The van der Waals surface area contributed by atoms with Gasteiger partial charge >= 0.3 is 0 Å². The summed E-state index contributed by atoms with van der Waals surface area (Å²) in [5.74, 6) is 0.887. The van der Waals surface area contributed by atoms with Crippen molar-refractivity contribution < 1.29 is 19.7 Å². The fourth-order valence-electron chi connectivity index (χ4n) is 3.19. The molecule has 0 aliphatic heterocycles. The molecule has 26 heavy (non-hydrogen) atoms. The molecule has 0 bridgehead atoms. The lowest BCUT2D eigenvalue weighted by Gasteiger charge is -2.08. The van der Waals surface area contributed by atoms with E-state index < -0.39 is 6.10 Å². The standard InChI is InChI=1S/C21H20N2O3/c24-15(12-22-13-16-6-5-11-25-16)14-26-23-21-19-9-3-1-7-17(19)18-8-2-4-10-20(18)21/h1-11,15,22,24H,12-14H2/p+1/t15-/m0/s1. The molecule has 132 valence electrons. The van der Waals surface area contributed by atoms with E-state index in [9.17, 15) is 5.11 Å². The summed E-state index contributed by atoms with van der Waals surface area (Å²) in [6, 6.07) is 20.1. The number of aliphatic hydroxyl groups is 1. The highest BCUT2D eigenvalue weighted by molar-refractivity contribution is 6.24. The topological polar surface area (TPSA) is 71.6 Å². The molecule has 4 rings (SSSR count). The van der Waals surface area contributed by atoms with E-state index in [-0.39, 0.29) is 6.61 Å². The summed E-state index contributed by atoms with van der Waals surface area (Å²) in [7, 11) is 0. The Morgan fingerprint density at radius 2 is 1.58 bits per heavy atom. The number of hydrogen-bond acceptors (Lipinski definition) is 4. The number of nitrogens with zero attached hydrogens (tertiary/aromatic N) is 1. The minimum atomic E-state index is -0.596. The van der Waals surface area contributed by atoms with Gasteiger partial charge in [0.05, 0.1) is 6.26 Å². The van der Waals surface area contributed by atoms with Gasteiger partial charge in [0.15, 0.2) is 5.76 Å². The molecule has 3 aromatic rings. The van der Waals surface area contributed by atoms with E-state index in [2.05, 4.69) is 17.3 Å². The Bertz CT molecular complexity index is 856. The minimum absolute atomic E-state index is 0.155. The van der Waals surface area contributed by atoms with Crippen molar-refractivity contribution >= 4 is 5.71 Å². The van der Waals surface area contributed by atoms with Gasteiger partial charge in [-0.15, -0.1) is 0 Å². The molecule has 2 aromatic carbocycles. The van der Waals surface area contributed by atoms with Crippen LogP contribution in [0.3, 0.4) is 0 Å². The fraction of sp³-hybridized carbons (Fsp3) is 0.190. The summed E-state index contributed by atoms with van der Waals surface area (Å²) in [5, 5.41) is 16.4.